The van der Waals surface area contributed by atoms with E-state index >= 15 is 0 Å². The van der Waals surface area contributed by atoms with Crippen molar-refractivity contribution in [3.05, 3.63) is 58.7 Å². The lowest BCUT2D eigenvalue weighted by Gasteiger charge is -2.01. The van der Waals surface area contributed by atoms with Gasteiger partial charge in [-0.15, -0.1) is 5.10 Å². The van der Waals surface area contributed by atoms with Gasteiger partial charge in [0.25, 0.3) is 5.91 Å². The number of halogens is 1. The van der Waals surface area contributed by atoms with Crippen LogP contribution >= 0.6 is 15.9 Å². The van der Waals surface area contributed by atoms with Crippen LogP contribution in [0.4, 0.5) is 5.95 Å². The van der Waals surface area contributed by atoms with E-state index in [1.807, 2.05) is 6.07 Å². The molecule has 0 aliphatic rings. The van der Waals surface area contributed by atoms with E-state index in [2.05, 4.69) is 31.0 Å². The third-order valence-electron chi connectivity index (χ3n) is 2.81. The van der Waals surface area contributed by atoms with Gasteiger partial charge in [-0.25, -0.2) is 0 Å². The number of carbonyl (C=O) groups is 1. The van der Waals surface area contributed by atoms with E-state index in [9.17, 15) is 4.79 Å². The van der Waals surface area contributed by atoms with Crippen LogP contribution in [0.5, 0.6) is 0 Å². The summed E-state index contributed by atoms with van der Waals surface area (Å²) < 4.78 is 1.97. The molecule has 0 saturated heterocycles. The number of nitrogen functional groups attached to an aromatic ring is 1. The van der Waals surface area contributed by atoms with Gasteiger partial charge in [-0.3, -0.25) is 9.78 Å². The van der Waals surface area contributed by atoms with Crippen LogP contribution in [-0.4, -0.2) is 25.7 Å². The van der Waals surface area contributed by atoms with Gasteiger partial charge in [0, 0.05) is 16.2 Å². The summed E-state index contributed by atoms with van der Waals surface area (Å²) in [6, 6.07) is 12.3. The number of hydrogen-bond acceptors (Lipinski definition) is 5. The van der Waals surface area contributed by atoms with Gasteiger partial charge in [-0.2, -0.15) is 9.67 Å². The van der Waals surface area contributed by atoms with E-state index in [1.165, 1.54) is 0 Å². The van der Waals surface area contributed by atoms with Crippen molar-refractivity contribution in [3.8, 4) is 11.5 Å². The Bertz CT molecular complexity index is 783. The van der Waals surface area contributed by atoms with Crippen LogP contribution in [0.3, 0.4) is 0 Å². The van der Waals surface area contributed by atoms with Crippen LogP contribution < -0.4 is 5.73 Å². The van der Waals surface area contributed by atoms with Crippen molar-refractivity contribution in [2.45, 2.75) is 0 Å². The summed E-state index contributed by atoms with van der Waals surface area (Å²) in [7, 11) is 0. The normalized spacial score (nSPS) is 10.5. The Morgan fingerprint density at radius 2 is 1.90 bits per heavy atom. The second-order valence-electron chi connectivity index (χ2n) is 4.23. The Morgan fingerprint density at radius 3 is 2.57 bits per heavy atom. The molecule has 2 heterocycles. The van der Waals surface area contributed by atoms with Crippen LogP contribution in [0.25, 0.3) is 11.5 Å². The average Bonchev–Trinajstić information content (AvgIpc) is 2.90. The van der Waals surface area contributed by atoms with Gasteiger partial charge in [0.2, 0.25) is 11.8 Å². The zero-order chi connectivity index (χ0) is 14.8. The zero-order valence-electron chi connectivity index (χ0n) is 10.8. The Balaban J connectivity index is 1.98. The smallest absolute Gasteiger partial charge is 0.281 e. The molecular weight excluding hydrogens is 334 g/mol. The minimum atomic E-state index is -0.338. The summed E-state index contributed by atoms with van der Waals surface area (Å²) >= 11 is 3.32. The fourth-order valence-corrected chi connectivity index (χ4v) is 2.06. The van der Waals surface area contributed by atoms with Gasteiger partial charge in [0.1, 0.15) is 5.69 Å². The van der Waals surface area contributed by atoms with Crippen molar-refractivity contribution in [3.63, 3.8) is 0 Å². The van der Waals surface area contributed by atoms with Crippen molar-refractivity contribution in [1.29, 1.82) is 0 Å². The monoisotopic (exact) mass is 343 g/mol. The van der Waals surface area contributed by atoms with Gasteiger partial charge in [-0.05, 0) is 36.4 Å². The topological polar surface area (TPSA) is 86.7 Å². The Hall–Kier alpha value is -2.54. The Kier molecular flexibility index (Phi) is 3.49. The summed E-state index contributed by atoms with van der Waals surface area (Å²) in [6.45, 7) is 0. The quantitative estimate of drug-likeness (QED) is 0.771. The predicted octanol–water partition coefficient (Wildman–Crippen LogP) is 2.37. The van der Waals surface area contributed by atoms with Crippen LogP contribution in [0.1, 0.15) is 10.4 Å². The molecular formula is C14H10BrN5O. The molecule has 7 heteroatoms. The molecule has 0 spiro atoms. The highest BCUT2D eigenvalue weighted by Gasteiger charge is 2.17. The SMILES string of the molecule is Nc1nc(-c2ccccn2)nn1C(=O)c1ccc(Br)cc1. The molecule has 0 saturated carbocycles. The van der Waals surface area contributed by atoms with E-state index in [0.717, 1.165) is 9.15 Å². The van der Waals surface area contributed by atoms with Gasteiger partial charge in [0.05, 0.1) is 0 Å². The average molecular weight is 344 g/mol. The second kappa shape index (κ2) is 5.45. The molecule has 0 fully saturated rings. The molecule has 0 atom stereocenters. The van der Waals surface area contributed by atoms with Crippen LogP contribution in [0.15, 0.2) is 53.1 Å². The second-order valence-corrected chi connectivity index (χ2v) is 5.15. The lowest BCUT2D eigenvalue weighted by atomic mass is 10.2. The number of anilines is 1. The fraction of sp³-hybridized carbons (Fsp3) is 0. The number of aromatic nitrogens is 4. The van der Waals surface area contributed by atoms with E-state index in [0.29, 0.717) is 17.1 Å². The third kappa shape index (κ3) is 2.68. The number of rotatable bonds is 2. The number of nitrogens with zero attached hydrogens (tertiary/aromatic N) is 4. The lowest BCUT2D eigenvalue weighted by molar-refractivity contribution is 0.0948. The molecule has 1 aromatic carbocycles. The van der Waals surface area contributed by atoms with E-state index < -0.39 is 0 Å². The maximum absolute atomic E-state index is 12.4. The number of carbonyl (C=O) groups excluding carboxylic acids is 1. The standard InChI is InChI=1S/C14H10BrN5O/c15-10-6-4-9(5-7-10)13(21)20-14(16)18-12(19-20)11-3-1-2-8-17-11/h1-8H,(H2,16,18,19). The highest BCUT2D eigenvalue weighted by molar-refractivity contribution is 9.10. The minimum Gasteiger partial charge on any atom is -0.368 e. The third-order valence-corrected chi connectivity index (χ3v) is 3.34. The molecule has 0 bridgehead atoms. The fourth-order valence-electron chi connectivity index (χ4n) is 1.79. The predicted molar refractivity (Wildman–Crippen MR) is 81.5 cm³/mol. The first-order valence-corrected chi connectivity index (χ1v) is 6.88. The van der Waals surface area contributed by atoms with Crippen molar-refractivity contribution in [1.82, 2.24) is 19.7 Å². The van der Waals surface area contributed by atoms with E-state index in [-0.39, 0.29) is 11.9 Å². The molecule has 0 radical (unpaired) electrons. The highest BCUT2D eigenvalue weighted by atomic mass is 79.9. The summed E-state index contributed by atoms with van der Waals surface area (Å²) in [5.74, 6) is 0.0109. The van der Waals surface area contributed by atoms with E-state index in [4.69, 9.17) is 5.73 Å². The van der Waals surface area contributed by atoms with Crippen LogP contribution in [-0.2, 0) is 0 Å². The van der Waals surface area contributed by atoms with Gasteiger partial charge in [-0.1, -0.05) is 22.0 Å². The maximum atomic E-state index is 12.4. The van der Waals surface area contributed by atoms with Crippen molar-refractivity contribution in [2.24, 2.45) is 0 Å². The Morgan fingerprint density at radius 1 is 1.14 bits per heavy atom. The molecule has 21 heavy (non-hydrogen) atoms. The number of pyridine rings is 1. The molecule has 6 nitrogen and oxygen atoms in total. The number of nitrogens with two attached hydrogens (primary N) is 1. The molecule has 3 aromatic rings. The van der Waals surface area contributed by atoms with Gasteiger partial charge < -0.3 is 5.73 Å². The number of benzene rings is 1. The van der Waals surface area contributed by atoms with Crippen molar-refractivity contribution in [2.75, 3.05) is 5.73 Å². The first-order chi connectivity index (χ1) is 10.1. The molecule has 0 unspecified atom stereocenters. The van der Waals surface area contributed by atoms with Crippen LogP contribution in [0, 0.1) is 0 Å². The molecule has 0 aliphatic carbocycles. The summed E-state index contributed by atoms with van der Waals surface area (Å²) in [4.78, 5) is 20.6. The highest BCUT2D eigenvalue weighted by Crippen LogP contribution is 2.16. The first kappa shape index (κ1) is 13.4. The number of hydrogen-bond donors (Lipinski definition) is 1. The molecule has 0 aliphatic heterocycles. The van der Waals surface area contributed by atoms with Crippen molar-refractivity contribution < 1.29 is 4.79 Å². The molecule has 2 aromatic heterocycles. The molecule has 104 valence electrons. The summed E-state index contributed by atoms with van der Waals surface area (Å²) in [5, 5.41) is 4.14. The zero-order valence-corrected chi connectivity index (χ0v) is 12.4. The Labute approximate surface area is 128 Å². The minimum absolute atomic E-state index is 0.0311. The largest absolute Gasteiger partial charge is 0.368 e. The molecule has 0 amide bonds. The van der Waals surface area contributed by atoms with Gasteiger partial charge in [0.15, 0.2) is 0 Å². The summed E-state index contributed by atoms with van der Waals surface area (Å²) in [6.07, 6.45) is 1.63. The maximum Gasteiger partial charge on any atom is 0.281 e. The first-order valence-electron chi connectivity index (χ1n) is 6.09. The van der Waals surface area contributed by atoms with E-state index in [1.54, 1.807) is 42.6 Å². The van der Waals surface area contributed by atoms with Crippen molar-refractivity contribution >= 4 is 27.8 Å². The van der Waals surface area contributed by atoms with Gasteiger partial charge >= 0.3 is 0 Å². The lowest BCUT2D eigenvalue weighted by Crippen LogP contribution is -2.16. The molecule has 3 rings (SSSR count). The molecule has 2 N–H and O–H groups in total. The summed E-state index contributed by atoms with van der Waals surface area (Å²) in [5.41, 5.74) is 6.81. The van der Waals surface area contributed by atoms with Crippen LogP contribution in [0.2, 0.25) is 0 Å².